The second kappa shape index (κ2) is 5.77. The van der Waals surface area contributed by atoms with Crippen LogP contribution in [0, 0.1) is 11.6 Å². The van der Waals surface area contributed by atoms with Gasteiger partial charge in [-0.1, -0.05) is 0 Å². The number of aromatic nitrogens is 3. The Morgan fingerprint density at radius 2 is 2.24 bits per heavy atom. The maximum atomic E-state index is 13.7. The van der Waals surface area contributed by atoms with Gasteiger partial charge in [-0.15, -0.1) is 0 Å². The molecule has 0 spiro atoms. The van der Waals surface area contributed by atoms with E-state index in [0.29, 0.717) is 24.4 Å². The van der Waals surface area contributed by atoms with Gasteiger partial charge in [0.2, 0.25) is 0 Å². The first-order valence-electron chi connectivity index (χ1n) is 6.93. The van der Waals surface area contributed by atoms with Gasteiger partial charge in [0.25, 0.3) is 0 Å². The van der Waals surface area contributed by atoms with E-state index in [1.165, 1.54) is 6.07 Å². The van der Waals surface area contributed by atoms with E-state index in [0.717, 1.165) is 31.5 Å². The van der Waals surface area contributed by atoms with Crippen molar-refractivity contribution in [3.63, 3.8) is 0 Å². The molecule has 2 N–H and O–H groups in total. The van der Waals surface area contributed by atoms with Crippen molar-refractivity contribution in [2.24, 2.45) is 0 Å². The molecule has 1 aliphatic rings. The van der Waals surface area contributed by atoms with E-state index in [4.69, 9.17) is 0 Å². The summed E-state index contributed by atoms with van der Waals surface area (Å²) in [6.07, 6.45) is 2.37. The Morgan fingerprint density at radius 1 is 1.38 bits per heavy atom. The highest BCUT2D eigenvalue weighted by atomic mass is 19.1. The predicted octanol–water partition coefficient (Wildman–Crippen LogP) is 1.58. The van der Waals surface area contributed by atoms with Gasteiger partial charge in [-0.05, 0) is 49.6 Å². The molecule has 0 radical (unpaired) electrons. The van der Waals surface area contributed by atoms with Crippen LogP contribution in [-0.2, 0) is 13.0 Å². The van der Waals surface area contributed by atoms with Crippen LogP contribution in [0.4, 0.5) is 8.78 Å². The molecule has 0 saturated carbocycles. The Hall–Kier alpha value is -2.02. The van der Waals surface area contributed by atoms with Crippen LogP contribution in [0.3, 0.4) is 0 Å². The van der Waals surface area contributed by atoms with Gasteiger partial charge in [-0.2, -0.15) is 5.10 Å². The molecular weight excluding hydrogens is 278 g/mol. The van der Waals surface area contributed by atoms with Crippen molar-refractivity contribution in [3.05, 3.63) is 51.7 Å². The molecule has 21 heavy (non-hydrogen) atoms. The molecule has 5 nitrogen and oxygen atoms in total. The summed E-state index contributed by atoms with van der Waals surface area (Å²) in [4.78, 5) is 15.8. The predicted molar refractivity (Wildman–Crippen MR) is 72.7 cm³/mol. The number of likely N-dealkylation sites (tertiary alicyclic amines) is 1. The van der Waals surface area contributed by atoms with Crippen LogP contribution < -0.4 is 5.69 Å². The summed E-state index contributed by atoms with van der Waals surface area (Å²) in [5.74, 6) is -0.240. The molecular formula is C14H16F2N4O. The van der Waals surface area contributed by atoms with Gasteiger partial charge in [0, 0.05) is 6.04 Å². The number of aromatic amines is 2. The topological polar surface area (TPSA) is 64.8 Å². The number of nitrogens with one attached hydrogen (secondary N) is 2. The lowest BCUT2D eigenvalue weighted by Crippen LogP contribution is -2.31. The number of rotatable bonds is 4. The zero-order chi connectivity index (χ0) is 14.8. The molecule has 2 aromatic rings. The van der Waals surface area contributed by atoms with Gasteiger partial charge in [0.1, 0.15) is 17.5 Å². The van der Waals surface area contributed by atoms with E-state index < -0.39 is 5.82 Å². The molecule has 1 atom stereocenters. The molecule has 1 saturated heterocycles. The van der Waals surface area contributed by atoms with Crippen molar-refractivity contribution in [1.82, 2.24) is 20.1 Å². The molecule has 2 heterocycles. The molecule has 1 fully saturated rings. The van der Waals surface area contributed by atoms with E-state index >= 15 is 0 Å². The molecule has 7 heteroatoms. The Labute approximate surface area is 120 Å². The van der Waals surface area contributed by atoms with Crippen molar-refractivity contribution in [1.29, 1.82) is 0 Å². The van der Waals surface area contributed by atoms with Gasteiger partial charge in [-0.3, -0.25) is 9.88 Å². The van der Waals surface area contributed by atoms with E-state index in [2.05, 4.69) is 20.1 Å². The van der Waals surface area contributed by atoms with E-state index in [1.807, 2.05) is 0 Å². The summed E-state index contributed by atoms with van der Waals surface area (Å²) in [7, 11) is 0. The van der Waals surface area contributed by atoms with Crippen LogP contribution in [-0.4, -0.2) is 32.7 Å². The van der Waals surface area contributed by atoms with Crippen LogP contribution in [0.1, 0.15) is 24.2 Å². The monoisotopic (exact) mass is 294 g/mol. The SMILES string of the molecule is O=c1[nH]nc(CN2CCCC2Cc2cc(F)ccc2F)[nH]1. The quantitative estimate of drug-likeness (QED) is 0.900. The molecule has 3 rings (SSSR count). The van der Waals surface area contributed by atoms with Gasteiger partial charge in [-0.25, -0.2) is 18.7 Å². The number of H-pyrrole nitrogens is 2. The minimum Gasteiger partial charge on any atom is -0.293 e. The van der Waals surface area contributed by atoms with Crippen molar-refractivity contribution < 1.29 is 8.78 Å². The van der Waals surface area contributed by atoms with Crippen LogP contribution in [0.15, 0.2) is 23.0 Å². The van der Waals surface area contributed by atoms with Crippen LogP contribution in [0.2, 0.25) is 0 Å². The summed E-state index contributed by atoms with van der Waals surface area (Å²) < 4.78 is 27.0. The van der Waals surface area contributed by atoms with E-state index in [1.54, 1.807) is 0 Å². The molecule has 0 amide bonds. The van der Waals surface area contributed by atoms with E-state index in [9.17, 15) is 13.6 Å². The molecule has 1 aromatic heterocycles. The molecule has 1 unspecified atom stereocenters. The van der Waals surface area contributed by atoms with Gasteiger partial charge < -0.3 is 0 Å². The van der Waals surface area contributed by atoms with Crippen molar-refractivity contribution in [2.45, 2.75) is 31.8 Å². The lowest BCUT2D eigenvalue weighted by molar-refractivity contribution is 0.237. The Kier molecular flexibility index (Phi) is 3.83. The minimum atomic E-state index is -0.424. The fourth-order valence-corrected chi connectivity index (χ4v) is 2.86. The Morgan fingerprint density at radius 3 is 3.00 bits per heavy atom. The lowest BCUT2D eigenvalue weighted by atomic mass is 10.0. The van der Waals surface area contributed by atoms with E-state index in [-0.39, 0.29) is 17.5 Å². The summed E-state index contributed by atoms with van der Waals surface area (Å²) >= 11 is 0. The number of benzene rings is 1. The molecule has 1 aromatic carbocycles. The second-order valence-corrected chi connectivity index (χ2v) is 5.33. The van der Waals surface area contributed by atoms with Crippen LogP contribution >= 0.6 is 0 Å². The van der Waals surface area contributed by atoms with Gasteiger partial charge >= 0.3 is 5.69 Å². The third kappa shape index (κ3) is 3.18. The van der Waals surface area contributed by atoms with Crippen LogP contribution in [0.25, 0.3) is 0 Å². The Balaban J connectivity index is 1.72. The number of hydrogen-bond acceptors (Lipinski definition) is 3. The molecule has 1 aliphatic heterocycles. The van der Waals surface area contributed by atoms with Gasteiger partial charge in [0.05, 0.1) is 6.54 Å². The fourth-order valence-electron chi connectivity index (χ4n) is 2.86. The maximum absolute atomic E-state index is 13.7. The highest BCUT2D eigenvalue weighted by Crippen LogP contribution is 2.23. The first-order valence-corrected chi connectivity index (χ1v) is 6.93. The highest BCUT2D eigenvalue weighted by molar-refractivity contribution is 5.20. The smallest absolute Gasteiger partial charge is 0.293 e. The second-order valence-electron chi connectivity index (χ2n) is 5.33. The normalized spacial score (nSPS) is 19.2. The molecule has 0 aliphatic carbocycles. The average Bonchev–Trinajstić information content (AvgIpc) is 3.04. The van der Waals surface area contributed by atoms with Crippen molar-refractivity contribution >= 4 is 0 Å². The van der Waals surface area contributed by atoms with Gasteiger partial charge in [0.15, 0.2) is 0 Å². The number of hydrogen-bond donors (Lipinski definition) is 2. The lowest BCUT2D eigenvalue weighted by Gasteiger charge is -2.23. The van der Waals surface area contributed by atoms with Crippen molar-refractivity contribution in [3.8, 4) is 0 Å². The minimum absolute atomic E-state index is 0.126. The zero-order valence-corrected chi connectivity index (χ0v) is 11.4. The maximum Gasteiger partial charge on any atom is 0.340 e. The fraction of sp³-hybridized carbons (Fsp3) is 0.429. The molecule has 112 valence electrons. The van der Waals surface area contributed by atoms with Crippen LogP contribution in [0.5, 0.6) is 0 Å². The first kappa shape index (κ1) is 13.9. The summed E-state index contributed by atoms with van der Waals surface area (Å²) in [5, 5.41) is 6.21. The molecule has 0 bridgehead atoms. The number of halogens is 2. The first-order chi connectivity index (χ1) is 10.1. The average molecular weight is 294 g/mol. The third-order valence-electron chi connectivity index (χ3n) is 3.87. The largest absolute Gasteiger partial charge is 0.340 e. The summed E-state index contributed by atoms with van der Waals surface area (Å²) in [5.41, 5.74) is 0.0549. The highest BCUT2D eigenvalue weighted by Gasteiger charge is 2.26. The third-order valence-corrected chi connectivity index (χ3v) is 3.87. The summed E-state index contributed by atoms with van der Waals surface area (Å²) in [6, 6.07) is 3.67. The Bertz CT molecular complexity index is 682. The summed E-state index contributed by atoms with van der Waals surface area (Å²) in [6.45, 7) is 1.36. The van der Waals surface area contributed by atoms with Crippen molar-refractivity contribution in [2.75, 3.05) is 6.54 Å². The zero-order valence-electron chi connectivity index (χ0n) is 11.4. The standard InChI is InChI=1S/C14H16F2N4O/c15-10-3-4-12(16)9(6-10)7-11-2-1-5-20(11)8-13-17-14(21)19-18-13/h3-4,6,11H,1-2,5,7-8H2,(H2,17,18,19,21). The number of nitrogens with zero attached hydrogens (tertiary/aromatic N) is 2.